The number of rotatable bonds is 6. The topological polar surface area (TPSA) is 38.3 Å². The minimum Gasteiger partial charge on any atom is -0.494 e. The summed E-state index contributed by atoms with van der Waals surface area (Å²) in [7, 11) is 0. The lowest BCUT2D eigenvalue weighted by atomic mass is 9.95. The van der Waals surface area contributed by atoms with Crippen molar-refractivity contribution in [2.24, 2.45) is 11.8 Å². The van der Waals surface area contributed by atoms with Crippen LogP contribution in [0.2, 0.25) is 0 Å². The number of benzene rings is 1. The van der Waals surface area contributed by atoms with E-state index < -0.39 is 0 Å². The number of nitrogens with one attached hydrogen (secondary N) is 1. The normalized spacial score (nSPS) is 26.8. The van der Waals surface area contributed by atoms with Gasteiger partial charge in [-0.3, -0.25) is 4.79 Å². The summed E-state index contributed by atoms with van der Waals surface area (Å²) in [5, 5.41) is 3.22. The molecule has 0 radical (unpaired) electrons. The fraction of sp³-hybridized carbons (Fsp3) is 0.611. The Bertz CT molecular complexity index is 482. The van der Waals surface area contributed by atoms with Crippen LogP contribution in [-0.2, 0) is 4.79 Å². The molecule has 0 heterocycles. The van der Waals surface area contributed by atoms with Crippen molar-refractivity contribution in [2.45, 2.75) is 51.5 Å². The predicted molar refractivity (Wildman–Crippen MR) is 83.3 cm³/mol. The van der Waals surface area contributed by atoms with Gasteiger partial charge in [0.25, 0.3) is 0 Å². The first-order chi connectivity index (χ1) is 10.2. The standard InChI is InChI=1S/C18H25NO2/c1-13-4-8-16(9-5-13)21-10-2-3-18(20)19-17-12-14-6-7-15(17)11-14/h4-5,8-9,14-15,17H,2-3,6-7,10-12H2,1H3,(H,19,20)/t14-,15-,17+/m0/s1. The maximum atomic E-state index is 12.0. The van der Waals surface area contributed by atoms with Gasteiger partial charge in [0.2, 0.25) is 5.91 Å². The Hall–Kier alpha value is -1.51. The summed E-state index contributed by atoms with van der Waals surface area (Å²) in [4.78, 5) is 12.0. The van der Waals surface area contributed by atoms with Crippen molar-refractivity contribution in [3.8, 4) is 5.75 Å². The van der Waals surface area contributed by atoms with Crippen molar-refractivity contribution in [1.29, 1.82) is 0 Å². The van der Waals surface area contributed by atoms with Gasteiger partial charge in [-0.2, -0.15) is 0 Å². The quantitative estimate of drug-likeness (QED) is 0.814. The summed E-state index contributed by atoms with van der Waals surface area (Å²) < 4.78 is 5.65. The van der Waals surface area contributed by atoms with Crippen LogP contribution in [0.4, 0.5) is 0 Å². The highest BCUT2D eigenvalue weighted by molar-refractivity contribution is 5.76. The Morgan fingerprint density at radius 1 is 1.24 bits per heavy atom. The first-order valence-corrected chi connectivity index (χ1v) is 8.19. The number of amides is 1. The molecule has 3 atom stereocenters. The summed E-state index contributed by atoms with van der Waals surface area (Å²) in [6.45, 7) is 2.66. The van der Waals surface area contributed by atoms with Crippen molar-refractivity contribution >= 4 is 5.91 Å². The number of carbonyl (C=O) groups excluding carboxylic acids is 1. The second-order valence-electron chi connectivity index (χ2n) is 6.61. The molecule has 2 saturated carbocycles. The van der Waals surface area contributed by atoms with Crippen LogP contribution in [0.5, 0.6) is 5.75 Å². The van der Waals surface area contributed by atoms with Crippen LogP contribution in [0.25, 0.3) is 0 Å². The van der Waals surface area contributed by atoms with Crippen LogP contribution in [0, 0.1) is 18.8 Å². The lowest BCUT2D eigenvalue weighted by Crippen LogP contribution is -2.38. The van der Waals surface area contributed by atoms with Gasteiger partial charge in [0.15, 0.2) is 0 Å². The molecule has 1 amide bonds. The third-order valence-electron chi connectivity index (χ3n) is 4.92. The Kier molecular flexibility index (Phi) is 4.47. The fourth-order valence-corrected chi connectivity index (χ4v) is 3.76. The molecule has 3 nitrogen and oxygen atoms in total. The zero-order chi connectivity index (χ0) is 14.7. The van der Waals surface area contributed by atoms with E-state index in [9.17, 15) is 4.79 Å². The third-order valence-corrected chi connectivity index (χ3v) is 4.92. The Balaban J connectivity index is 1.32. The van der Waals surface area contributed by atoms with E-state index in [1.54, 1.807) is 0 Å². The maximum Gasteiger partial charge on any atom is 0.220 e. The average molecular weight is 287 g/mol. The molecule has 0 aliphatic heterocycles. The minimum atomic E-state index is 0.194. The number of ether oxygens (including phenoxy) is 1. The Morgan fingerprint density at radius 2 is 2.05 bits per heavy atom. The molecule has 2 fully saturated rings. The number of carbonyl (C=O) groups is 1. The lowest BCUT2D eigenvalue weighted by molar-refractivity contribution is -0.122. The van der Waals surface area contributed by atoms with Crippen molar-refractivity contribution in [3.63, 3.8) is 0 Å². The maximum absolute atomic E-state index is 12.0. The molecular formula is C18H25NO2. The van der Waals surface area contributed by atoms with Gasteiger partial charge in [0, 0.05) is 12.5 Å². The molecule has 0 saturated heterocycles. The molecule has 114 valence electrons. The van der Waals surface area contributed by atoms with Crippen LogP contribution >= 0.6 is 0 Å². The van der Waals surface area contributed by atoms with Gasteiger partial charge in [0.1, 0.15) is 5.75 Å². The van der Waals surface area contributed by atoms with Crippen molar-refractivity contribution in [1.82, 2.24) is 5.32 Å². The van der Waals surface area contributed by atoms with E-state index in [0.29, 0.717) is 19.1 Å². The fourth-order valence-electron chi connectivity index (χ4n) is 3.76. The first-order valence-electron chi connectivity index (χ1n) is 8.19. The number of aryl methyl sites for hydroxylation is 1. The van der Waals surface area contributed by atoms with E-state index in [2.05, 4.69) is 12.2 Å². The van der Waals surface area contributed by atoms with Crippen molar-refractivity contribution in [3.05, 3.63) is 29.8 Å². The monoisotopic (exact) mass is 287 g/mol. The molecule has 0 spiro atoms. The highest BCUT2D eigenvalue weighted by Crippen LogP contribution is 2.44. The molecule has 2 bridgehead atoms. The van der Waals surface area contributed by atoms with E-state index in [-0.39, 0.29) is 5.91 Å². The van der Waals surface area contributed by atoms with E-state index >= 15 is 0 Å². The van der Waals surface area contributed by atoms with Gasteiger partial charge in [-0.05, 0) is 56.6 Å². The molecule has 0 aromatic heterocycles. The molecule has 2 aliphatic rings. The minimum absolute atomic E-state index is 0.194. The van der Waals surface area contributed by atoms with E-state index in [1.807, 2.05) is 24.3 Å². The molecule has 2 aliphatic carbocycles. The summed E-state index contributed by atoms with van der Waals surface area (Å²) in [6, 6.07) is 8.48. The zero-order valence-electron chi connectivity index (χ0n) is 12.8. The highest BCUT2D eigenvalue weighted by atomic mass is 16.5. The first kappa shape index (κ1) is 14.4. The summed E-state index contributed by atoms with van der Waals surface area (Å²) >= 11 is 0. The van der Waals surface area contributed by atoms with E-state index in [1.165, 1.54) is 31.2 Å². The molecule has 1 N–H and O–H groups in total. The van der Waals surface area contributed by atoms with Crippen LogP contribution in [0.1, 0.15) is 44.1 Å². The second-order valence-corrected chi connectivity index (χ2v) is 6.61. The van der Waals surface area contributed by atoms with E-state index in [0.717, 1.165) is 24.0 Å². The Morgan fingerprint density at radius 3 is 2.71 bits per heavy atom. The Labute approximate surface area is 127 Å². The van der Waals surface area contributed by atoms with Gasteiger partial charge in [0.05, 0.1) is 6.61 Å². The SMILES string of the molecule is Cc1ccc(OCCCC(=O)N[C@@H]2C[C@H]3CC[C@H]2C3)cc1. The van der Waals surface area contributed by atoms with Gasteiger partial charge in [-0.25, -0.2) is 0 Å². The van der Waals surface area contributed by atoms with Crippen LogP contribution in [-0.4, -0.2) is 18.6 Å². The molecule has 1 aromatic rings. The summed E-state index contributed by atoms with van der Waals surface area (Å²) in [5.74, 6) is 2.71. The van der Waals surface area contributed by atoms with Crippen molar-refractivity contribution in [2.75, 3.05) is 6.61 Å². The molecular weight excluding hydrogens is 262 g/mol. The molecule has 3 heteroatoms. The van der Waals surface area contributed by atoms with Gasteiger partial charge >= 0.3 is 0 Å². The second kappa shape index (κ2) is 6.50. The number of hydrogen-bond acceptors (Lipinski definition) is 2. The average Bonchev–Trinajstić information content (AvgIpc) is 3.08. The van der Waals surface area contributed by atoms with E-state index in [4.69, 9.17) is 4.74 Å². The summed E-state index contributed by atoms with van der Waals surface area (Å²) in [5.41, 5.74) is 1.23. The molecule has 0 unspecified atom stereocenters. The largest absolute Gasteiger partial charge is 0.494 e. The van der Waals surface area contributed by atoms with Crippen LogP contribution in [0.15, 0.2) is 24.3 Å². The highest BCUT2D eigenvalue weighted by Gasteiger charge is 2.39. The summed E-state index contributed by atoms with van der Waals surface area (Å²) in [6.07, 6.45) is 6.58. The number of fused-ring (bicyclic) bond motifs is 2. The van der Waals surface area contributed by atoms with Gasteiger partial charge in [-0.15, -0.1) is 0 Å². The van der Waals surface area contributed by atoms with Crippen LogP contribution in [0.3, 0.4) is 0 Å². The molecule has 3 rings (SSSR count). The molecule has 21 heavy (non-hydrogen) atoms. The predicted octanol–water partition coefficient (Wildman–Crippen LogP) is 3.46. The van der Waals surface area contributed by atoms with Gasteiger partial charge < -0.3 is 10.1 Å². The van der Waals surface area contributed by atoms with Crippen molar-refractivity contribution < 1.29 is 9.53 Å². The lowest BCUT2D eigenvalue weighted by Gasteiger charge is -2.22. The smallest absolute Gasteiger partial charge is 0.220 e. The van der Waals surface area contributed by atoms with Crippen LogP contribution < -0.4 is 10.1 Å². The zero-order valence-corrected chi connectivity index (χ0v) is 12.8. The van der Waals surface area contributed by atoms with Gasteiger partial charge in [-0.1, -0.05) is 24.1 Å². The third kappa shape index (κ3) is 3.78. The molecule has 1 aromatic carbocycles. The number of hydrogen-bond donors (Lipinski definition) is 1.